The molecule has 0 saturated heterocycles. The highest BCUT2D eigenvalue weighted by Crippen LogP contribution is 2.41. The van der Waals surface area contributed by atoms with Gasteiger partial charge in [0.15, 0.2) is 0 Å². The number of aryl methyl sites for hydroxylation is 2. The summed E-state index contributed by atoms with van der Waals surface area (Å²) in [6, 6.07) is 48.8. The SMILES string of the molecule is Oc1c(-c2ccccc2)cc(CCCc2cc(-c3ccccc3)c(O)c(-c3ccccc3)c2)cc1-c1ccccc1. The molecule has 6 aromatic rings. The first kappa shape index (κ1) is 26.2. The number of rotatable bonds is 8. The van der Waals surface area contributed by atoms with Crippen molar-refractivity contribution in [2.24, 2.45) is 0 Å². The van der Waals surface area contributed by atoms with Crippen molar-refractivity contribution in [3.8, 4) is 56.0 Å². The summed E-state index contributed by atoms with van der Waals surface area (Å²) < 4.78 is 0. The van der Waals surface area contributed by atoms with Crippen molar-refractivity contribution in [3.63, 3.8) is 0 Å². The van der Waals surface area contributed by atoms with Gasteiger partial charge in [-0.15, -0.1) is 0 Å². The van der Waals surface area contributed by atoms with Crippen LogP contribution in [0.5, 0.6) is 11.5 Å². The molecule has 0 fully saturated rings. The lowest BCUT2D eigenvalue weighted by molar-refractivity contribution is 0.478. The number of benzene rings is 6. The Hall–Kier alpha value is -5.08. The van der Waals surface area contributed by atoms with E-state index in [1.54, 1.807) is 0 Å². The van der Waals surface area contributed by atoms with E-state index in [4.69, 9.17) is 0 Å². The van der Waals surface area contributed by atoms with Crippen molar-refractivity contribution in [1.29, 1.82) is 0 Å². The zero-order valence-corrected chi connectivity index (χ0v) is 22.9. The standard InChI is InChI=1S/C39H32O2/c40-38-34(30-16-5-1-6-17-30)24-28(25-35(38)31-18-7-2-8-19-31)14-13-15-29-26-36(32-20-9-3-10-21-32)39(41)37(27-29)33-22-11-4-12-23-33/h1-12,16-27,40-41H,13-15H2. The van der Waals surface area contributed by atoms with Gasteiger partial charge in [-0.05, 0) is 76.9 Å². The lowest BCUT2D eigenvalue weighted by atomic mass is 9.91. The third-order valence-corrected chi connectivity index (χ3v) is 7.61. The summed E-state index contributed by atoms with van der Waals surface area (Å²) >= 11 is 0. The molecule has 0 atom stereocenters. The smallest absolute Gasteiger partial charge is 0.131 e. The van der Waals surface area contributed by atoms with Crippen LogP contribution in [0, 0.1) is 0 Å². The number of hydrogen-bond acceptors (Lipinski definition) is 2. The Balaban J connectivity index is 1.33. The van der Waals surface area contributed by atoms with E-state index in [0.717, 1.165) is 63.8 Å². The molecule has 6 rings (SSSR count). The third-order valence-electron chi connectivity index (χ3n) is 7.61. The fourth-order valence-electron chi connectivity index (χ4n) is 5.52. The quantitative estimate of drug-likeness (QED) is 0.205. The lowest BCUT2D eigenvalue weighted by Gasteiger charge is -2.15. The number of phenols is 2. The monoisotopic (exact) mass is 532 g/mol. The molecule has 0 saturated carbocycles. The molecule has 0 aromatic heterocycles. The Morgan fingerprint density at radius 2 is 0.585 bits per heavy atom. The van der Waals surface area contributed by atoms with E-state index >= 15 is 0 Å². The summed E-state index contributed by atoms with van der Waals surface area (Å²) in [5.74, 6) is 0.620. The molecule has 0 aliphatic carbocycles. The predicted molar refractivity (Wildman–Crippen MR) is 170 cm³/mol. The van der Waals surface area contributed by atoms with E-state index in [0.29, 0.717) is 11.5 Å². The first-order valence-corrected chi connectivity index (χ1v) is 14.1. The van der Waals surface area contributed by atoms with Gasteiger partial charge < -0.3 is 10.2 Å². The molecule has 2 heteroatoms. The average Bonchev–Trinajstić information content (AvgIpc) is 3.04. The van der Waals surface area contributed by atoms with Gasteiger partial charge in [-0.25, -0.2) is 0 Å². The number of hydrogen-bond donors (Lipinski definition) is 2. The van der Waals surface area contributed by atoms with E-state index in [9.17, 15) is 10.2 Å². The van der Waals surface area contributed by atoms with Gasteiger partial charge >= 0.3 is 0 Å². The van der Waals surface area contributed by atoms with E-state index in [1.165, 1.54) is 11.1 Å². The van der Waals surface area contributed by atoms with Crippen LogP contribution in [0.4, 0.5) is 0 Å². The molecule has 6 aromatic carbocycles. The van der Waals surface area contributed by atoms with Crippen molar-refractivity contribution in [2.75, 3.05) is 0 Å². The molecule has 2 N–H and O–H groups in total. The average molecular weight is 533 g/mol. The lowest BCUT2D eigenvalue weighted by Crippen LogP contribution is -1.95. The second-order valence-electron chi connectivity index (χ2n) is 10.4. The minimum atomic E-state index is 0.310. The first-order chi connectivity index (χ1) is 20.2. The molecular weight excluding hydrogens is 500 g/mol. The van der Waals surface area contributed by atoms with Crippen LogP contribution in [0.15, 0.2) is 146 Å². The van der Waals surface area contributed by atoms with Crippen LogP contribution in [-0.2, 0) is 12.8 Å². The summed E-state index contributed by atoms with van der Waals surface area (Å²) in [7, 11) is 0. The van der Waals surface area contributed by atoms with Crippen molar-refractivity contribution in [2.45, 2.75) is 19.3 Å². The summed E-state index contributed by atoms with van der Waals surface area (Å²) in [6.45, 7) is 0. The maximum absolute atomic E-state index is 11.3. The van der Waals surface area contributed by atoms with Gasteiger partial charge in [0.05, 0.1) is 0 Å². The molecule has 200 valence electrons. The van der Waals surface area contributed by atoms with Crippen LogP contribution in [0.3, 0.4) is 0 Å². The Kier molecular flexibility index (Phi) is 7.64. The molecule has 0 spiro atoms. The van der Waals surface area contributed by atoms with Crippen LogP contribution >= 0.6 is 0 Å². The van der Waals surface area contributed by atoms with Crippen molar-refractivity contribution >= 4 is 0 Å². The molecular formula is C39H32O2. The molecule has 0 unspecified atom stereocenters. The second kappa shape index (κ2) is 12.0. The fraction of sp³-hybridized carbons (Fsp3) is 0.0769. The minimum Gasteiger partial charge on any atom is -0.507 e. The zero-order valence-electron chi connectivity index (χ0n) is 22.9. The van der Waals surface area contributed by atoms with Crippen molar-refractivity contribution in [3.05, 3.63) is 157 Å². The summed E-state index contributed by atoms with van der Waals surface area (Å²) in [6.07, 6.45) is 2.66. The third kappa shape index (κ3) is 5.78. The fourth-order valence-corrected chi connectivity index (χ4v) is 5.52. The highest BCUT2D eigenvalue weighted by molar-refractivity contribution is 5.84. The van der Waals surface area contributed by atoms with E-state index in [-0.39, 0.29) is 0 Å². The van der Waals surface area contributed by atoms with Crippen LogP contribution in [0.2, 0.25) is 0 Å². The van der Waals surface area contributed by atoms with Gasteiger partial charge in [-0.1, -0.05) is 121 Å². The summed E-state index contributed by atoms with van der Waals surface area (Å²) in [5.41, 5.74) is 9.79. The topological polar surface area (TPSA) is 40.5 Å². The molecule has 0 radical (unpaired) electrons. The van der Waals surface area contributed by atoms with Gasteiger partial charge in [-0.3, -0.25) is 0 Å². The zero-order chi connectivity index (χ0) is 28.0. The van der Waals surface area contributed by atoms with E-state index < -0.39 is 0 Å². The van der Waals surface area contributed by atoms with Gasteiger partial charge in [0.25, 0.3) is 0 Å². The Morgan fingerprint density at radius 3 is 0.829 bits per heavy atom. The second-order valence-corrected chi connectivity index (χ2v) is 10.4. The van der Waals surface area contributed by atoms with Crippen LogP contribution < -0.4 is 0 Å². The van der Waals surface area contributed by atoms with Crippen molar-refractivity contribution < 1.29 is 10.2 Å². The number of phenolic OH excluding ortho intramolecular Hbond substituents is 2. The molecule has 0 bridgehead atoms. The van der Waals surface area contributed by atoms with Crippen LogP contribution in [0.1, 0.15) is 17.5 Å². The van der Waals surface area contributed by atoms with Gasteiger partial charge in [-0.2, -0.15) is 0 Å². The van der Waals surface area contributed by atoms with Crippen molar-refractivity contribution in [1.82, 2.24) is 0 Å². The predicted octanol–water partition coefficient (Wildman–Crippen LogP) is 9.94. The van der Waals surface area contributed by atoms with E-state index in [2.05, 4.69) is 24.3 Å². The summed E-state index contributed by atoms with van der Waals surface area (Å²) in [5, 5.41) is 22.6. The molecule has 41 heavy (non-hydrogen) atoms. The normalized spacial score (nSPS) is 10.9. The molecule has 0 amide bonds. The Labute approximate surface area is 241 Å². The molecule has 0 heterocycles. The maximum atomic E-state index is 11.3. The van der Waals surface area contributed by atoms with E-state index in [1.807, 2.05) is 121 Å². The largest absolute Gasteiger partial charge is 0.507 e. The van der Waals surface area contributed by atoms with Gasteiger partial charge in [0, 0.05) is 22.3 Å². The summed E-state index contributed by atoms with van der Waals surface area (Å²) in [4.78, 5) is 0. The molecule has 2 nitrogen and oxygen atoms in total. The Morgan fingerprint density at radius 1 is 0.341 bits per heavy atom. The molecule has 0 aliphatic rings. The maximum Gasteiger partial charge on any atom is 0.131 e. The van der Waals surface area contributed by atoms with Gasteiger partial charge in [0.2, 0.25) is 0 Å². The minimum absolute atomic E-state index is 0.310. The number of aromatic hydroxyl groups is 2. The van der Waals surface area contributed by atoms with Crippen LogP contribution in [-0.4, -0.2) is 10.2 Å². The van der Waals surface area contributed by atoms with Crippen LogP contribution in [0.25, 0.3) is 44.5 Å². The highest BCUT2D eigenvalue weighted by Gasteiger charge is 2.15. The van der Waals surface area contributed by atoms with Gasteiger partial charge in [0.1, 0.15) is 11.5 Å². The Bertz CT molecular complexity index is 1490. The highest BCUT2D eigenvalue weighted by atomic mass is 16.3. The molecule has 0 aliphatic heterocycles. The first-order valence-electron chi connectivity index (χ1n) is 14.1.